The van der Waals surface area contributed by atoms with Crippen LogP contribution in [0, 0.1) is 56.7 Å². The summed E-state index contributed by atoms with van der Waals surface area (Å²) in [7, 11) is 5.16. The number of carbonyl (C=O) groups is 2. The van der Waals surface area contributed by atoms with Crippen LogP contribution in [-0.4, -0.2) is 99.0 Å². The third-order valence-electron chi connectivity index (χ3n) is 16.0. The lowest BCUT2D eigenvalue weighted by Crippen LogP contribution is -2.63. The zero-order valence-electron chi connectivity index (χ0n) is 33.0. The number of methoxy groups -OCH3 is 1. The second kappa shape index (κ2) is 13.8. The van der Waals surface area contributed by atoms with Gasteiger partial charge in [-0.05, 0) is 104 Å². The minimum Gasteiger partial charge on any atom is -0.446 e. The van der Waals surface area contributed by atoms with E-state index in [1.807, 2.05) is 4.90 Å². The summed E-state index contributed by atoms with van der Waals surface area (Å²) in [6.07, 6.45) is 6.96. The molecule has 9 nitrogen and oxygen atoms in total. The molecule has 0 bridgehead atoms. The van der Waals surface area contributed by atoms with Crippen molar-refractivity contribution < 1.29 is 33.6 Å². The molecule has 4 saturated carbocycles. The molecule has 3 unspecified atom stereocenters. The SMILES string of the molecule is COC(C[C@@H](C)[C@@H](C)[C@@]1(C)CC[C@@]23CC24CC[C@H](OC(=O)N2CCOCC2)C(C)(C)[C@@H]4CCC3[C@]1(C)[C@H](C)O)[C@H](OC(=O)N(C)C)C(C)C. The number of aliphatic hydroxyl groups is 1. The normalized spacial score (nSPS) is 39.7. The number of ether oxygens (including phenoxy) is 4. The maximum Gasteiger partial charge on any atom is 0.410 e. The number of carbonyl (C=O) groups excluding carboxylic acids is 2. The molecule has 282 valence electrons. The average Bonchev–Trinajstić information content (AvgIpc) is 3.73. The van der Waals surface area contributed by atoms with Gasteiger partial charge in [0.15, 0.2) is 0 Å². The van der Waals surface area contributed by atoms with Crippen molar-refractivity contribution in [1.82, 2.24) is 9.80 Å². The second-order valence-corrected chi connectivity index (χ2v) is 18.6. The Balaban J connectivity index is 1.35. The Labute approximate surface area is 297 Å². The van der Waals surface area contributed by atoms with E-state index in [1.165, 1.54) is 17.7 Å². The van der Waals surface area contributed by atoms with Crippen molar-refractivity contribution in [1.29, 1.82) is 0 Å². The van der Waals surface area contributed by atoms with E-state index >= 15 is 0 Å². The highest BCUT2D eigenvalue weighted by atomic mass is 16.6. The Hall–Kier alpha value is -1.58. The largest absolute Gasteiger partial charge is 0.446 e. The lowest BCUT2D eigenvalue weighted by atomic mass is 9.38. The number of hydrogen-bond acceptors (Lipinski definition) is 7. The molecule has 1 saturated heterocycles. The van der Waals surface area contributed by atoms with Crippen LogP contribution < -0.4 is 0 Å². The van der Waals surface area contributed by atoms with E-state index in [1.54, 1.807) is 21.2 Å². The predicted octanol–water partition coefficient (Wildman–Crippen LogP) is 7.63. The summed E-state index contributed by atoms with van der Waals surface area (Å²) in [6, 6.07) is 0. The van der Waals surface area contributed by atoms with Gasteiger partial charge in [-0.25, -0.2) is 9.59 Å². The van der Waals surface area contributed by atoms with Gasteiger partial charge in [-0.2, -0.15) is 0 Å². The number of rotatable bonds is 10. The fraction of sp³-hybridized carbons (Fsp3) is 0.950. The van der Waals surface area contributed by atoms with Gasteiger partial charge in [0.1, 0.15) is 12.2 Å². The van der Waals surface area contributed by atoms with Gasteiger partial charge in [0.2, 0.25) is 0 Å². The fourth-order valence-corrected chi connectivity index (χ4v) is 12.5. The standard InChI is InChI=1S/C40H70N2O7/c1-25(2)33(49-34(44)41(10)11)29(46-12)23-26(3)27(4)37(8)17-18-40-24-39(40)16-15-32(48-35(45)42-19-21-47-22-20-42)36(6,7)30(39)13-14-31(40)38(37,9)28(5)43/h25-33,43H,13-24H2,1-12H3/t26-,27-,28+,29?,30+,31?,32+,33-,37-,38+,39?,40+/m1/s1. The highest BCUT2D eigenvalue weighted by molar-refractivity contribution is 5.68. The van der Waals surface area contributed by atoms with Gasteiger partial charge in [0.25, 0.3) is 0 Å². The van der Waals surface area contributed by atoms with Crippen LogP contribution in [0.2, 0.25) is 0 Å². The second-order valence-electron chi connectivity index (χ2n) is 18.6. The van der Waals surface area contributed by atoms with Gasteiger partial charge in [-0.3, -0.25) is 0 Å². The zero-order chi connectivity index (χ0) is 36.3. The Kier molecular flexibility index (Phi) is 10.9. The van der Waals surface area contributed by atoms with Gasteiger partial charge in [-0.15, -0.1) is 0 Å². The van der Waals surface area contributed by atoms with Crippen molar-refractivity contribution in [3.63, 3.8) is 0 Å². The molecule has 4 aliphatic carbocycles. The zero-order valence-corrected chi connectivity index (χ0v) is 33.0. The van der Waals surface area contributed by atoms with Crippen molar-refractivity contribution in [2.45, 2.75) is 138 Å². The van der Waals surface area contributed by atoms with Crippen molar-refractivity contribution in [2.24, 2.45) is 56.7 Å². The molecule has 1 N–H and O–H groups in total. The maximum atomic E-state index is 13.2. The summed E-state index contributed by atoms with van der Waals surface area (Å²) >= 11 is 0. The van der Waals surface area contributed by atoms with Crippen molar-refractivity contribution in [3.05, 3.63) is 0 Å². The Morgan fingerprint density at radius 2 is 1.53 bits per heavy atom. The highest BCUT2D eigenvalue weighted by Crippen LogP contribution is 2.88. The van der Waals surface area contributed by atoms with Gasteiger partial charge in [-0.1, -0.05) is 55.4 Å². The summed E-state index contributed by atoms with van der Waals surface area (Å²) < 4.78 is 23.8. The van der Waals surface area contributed by atoms with E-state index in [9.17, 15) is 14.7 Å². The molecular weight excluding hydrogens is 620 g/mol. The molecule has 1 heterocycles. The molecule has 9 heteroatoms. The summed E-state index contributed by atoms with van der Waals surface area (Å²) in [6.45, 7) is 22.9. The fourth-order valence-electron chi connectivity index (χ4n) is 12.5. The number of hydrogen-bond donors (Lipinski definition) is 1. The molecule has 0 aromatic heterocycles. The Morgan fingerprint density at radius 1 is 0.918 bits per heavy atom. The van der Waals surface area contributed by atoms with E-state index in [2.05, 4.69) is 62.3 Å². The molecule has 12 atom stereocenters. The number of amides is 2. The Morgan fingerprint density at radius 3 is 2.10 bits per heavy atom. The molecule has 5 rings (SSSR count). The van der Waals surface area contributed by atoms with Crippen molar-refractivity contribution >= 4 is 12.2 Å². The first-order chi connectivity index (χ1) is 22.8. The minimum atomic E-state index is -0.440. The monoisotopic (exact) mass is 691 g/mol. The third kappa shape index (κ3) is 6.11. The average molecular weight is 691 g/mol. The first-order valence-electron chi connectivity index (χ1n) is 19.5. The molecule has 0 radical (unpaired) electrons. The topological polar surface area (TPSA) is 97.8 Å². The lowest BCUT2D eigenvalue weighted by molar-refractivity contribution is -0.212. The quantitative estimate of drug-likeness (QED) is 0.252. The maximum absolute atomic E-state index is 13.2. The van der Waals surface area contributed by atoms with Crippen LogP contribution in [0.1, 0.15) is 114 Å². The molecule has 2 spiro atoms. The van der Waals surface area contributed by atoms with Crippen LogP contribution >= 0.6 is 0 Å². The number of nitrogens with zero attached hydrogens (tertiary/aromatic N) is 2. The first-order valence-corrected chi connectivity index (χ1v) is 19.5. The van der Waals surface area contributed by atoms with E-state index < -0.39 is 6.10 Å². The minimum absolute atomic E-state index is 0.0778. The van der Waals surface area contributed by atoms with Gasteiger partial charge < -0.3 is 33.9 Å². The Bertz CT molecular complexity index is 1200. The predicted molar refractivity (Wildman–Crippen MR) is 191 cm³/mol. The van der Waals surface area contributed by atoms with Crippen LogP contribution in [0.25, 0.3) is 0 Å². The molecule has 1 aliphatic heterocycles. The molecule has 49 heavy (non-hydrogen) atoms. The van der Waals surface area contributed by atoms with Gasteiger partial charge >= 0.3 is 12.2 Å². The molecule has 5 aliphatic rings. The summed E-state index contributed by atoms with van der Waals surface area (Å²) in [4.78, 5) is 29.1. The van der Waals surface area contributed by atoms with Gasteiger partial charge in [0.05, 0.1) is 25.4 Å². The molecule has 5 fully saturated rings. The van der Waals surface area contributed by atoms with Crippen LogP contribution in [0.4, 0.5) is 9.59 Å². The third-order valence-corrected chi connectivity index (χ3v) is 16.0. The van der Waals surface area contributed by atoms with E-state index in [0.717, 1.165) is 38.5 Å². The van der Waals surface area contributed by atoms with E-state index in [0.29, 0.717) is 50.0 Å². The van der Waals surface area contributed by atoms with Crippen molar-refractivity contribution in [3.8, 4) is 0 Å². The highest BCUT2D eigenvalue weighted by Gasteiger charge is 2.82. The van der Waals surface area contributed by atoms with Crippen LogP contribution in [0.15, 0.2) is 0 Å². The van der Waals surface area contributed by atoms with Crippen LogP contribution in [-0.2, 0) is 18.9 Å². The summed E-state index contributed by atoms with van der Waals surface area (Å²) in [5.74, 6) is 1.68. The van der Waals surface area contributed by atoms with Crippen LogP contribution in [0.3, 0.4) is 0 Å². The summed E-state index contributed by atoms with van der Waals surface area (Å²) in [5, 5.41) is 11.9. The smallest absolute Gasteiger partial charge is 0.410 e. The van der Waals surface area contributed by atoms with Crippen LogP contribution in [0.5, 0.6) is 0 Å². The van der Waals surface area contributed by atoms with Crippen molar-refractivity contribution in [2.75, 3.05) is 47.5 Å². The van der Waals surface area contributed by atoms with E-state index in [-0.39, 0.29) is 63.5 Å². The molecular formula is C40H70N2O7. The molecule has 2 amide bonds. The molecule has 0 aromatic carbocycles. The number of morpholine rings is 1. The molecule has 0 aromatic rings. The van der Waals surface area contributed by atoms with E-state index in [4.69, 9.17) is 18.9 Å². The van der Waals surface area contributed by atoms with Gasteiger partial charge in [0, 0.05) is 45.1 Å². The lowest BCUT2D eigenvalue weighted by Gasteiger charge is -2.66. The number of aliphatic hydroxyl groups excluding tert-OH is 1. The summed E-state index contributed by atoms with van der Waals surface area (Å²) in [5.41, 5.74) is 0.0546. The first kappa shape index (κ1) is 38.6.